The summed E-state index contributed by atoms with van der Waals surface area (Å²) >= 11 is 2.30. The number of aromatic nitrogens is 2. The van der Waals surface area contributed by atoms with Crippen molar-refractivity contribution in [2.75, 3.05) is 6.54 Å². The number of amides is 1. The molecule has 1 aromatic heterocycles. The molecule has 4 nitrogen and oxygen atoms in total. The van der Waals surface area contributed by atoms with Crippen LogP contribution in [0.4, 0.5) is 0 Å². The molecule has 1 saturated heterocycles. The minimum absolute atomic E-state index is 0.0962. The summed E-state index contributed by atoms with van der Waals surface area (Å²) < 4.78 is 1.22. The van der Waals surface area contributed by atoms with Crippen molar-refractivity contribution in [1.29, 1.82) is 0 Å². The number of rotatable bonds is 4. The van der Waals surface area contributed by atoms with Crippen LogP contribution in [0.1, 0.15) is 45.0 Å². The highest BCUT2D eigenvalue weighted by Crippen LogP contribution is 2.32. The summed E-state index contributed by atoms with van der Waals surface area (Å²) in [5.74, 6) is 1.55. The summed E-state index contributed by atoms with van der Waals surface area (Å²) in [6.07, 6.45) is 4.53. The molecule has 1 amide bonds. The number of likely N-dealkylation sites (tertiary alicyclic amines) is 1. The Hall–Kier alpha value is -1.37. The highest BCUT2D eigenvalue weighted by molar-refractivity contribution is 14.1. The number of aromatic amines is 1. The molecule has 0 radical (unpaired) electrons. The molecule has 0 bridgehead atoms. The van der Waals surface area contributed by atoms with Crippen LogP contribution in [0.5, 0.6) is 0 Å². The van der Waals surface area contributed by atoms with Gasteiger partial charge in [0, 0.05) is 16.5 Å². The van der Waals surface area contributed by atoms with Crippen molar-refractivity contribution in [1.82, 2.24) is 14.9 Å². The topological polar surface area (TPSA) is 49.0 Å². The maximum absolute atomic E-state index is 12.4. The van der Waals surface area contributed by atoms with Crippen molar-refractivity contribution in [3.8, 4) is 11.3 Å². The lowest BCUT2D eigenvalue weighted by Crippen LogP contribution is -2.31. The number of nitrogens with one attached hydrogen (secondary N) is 1. The number of hydrogen-bond acceptors (Lipinski definition) is 2. The van der Waals surface area contributed by atoms with Gasteiger partial charge in [-0.1, -0.05) is 26.0 Å². The first-order valence-electron chi connectivity index (χ1n) is 8.15. The Labute approximate surface area is 150 Å². The van der Waals surface area contributed by atoms with E-state index in [0.29, 0.717) is 12.3 Å². The van der Waals surface area contributed by atoms with Crippen LogP contribution in [0.25, 0.3) is 11.3 Å². The number of H-pyrrole nitrogens is 1. The fourth-order valence-electron chi connectivity index (χ4n) is 3.10. The Kier molecular flexibility index (Phi) is 5.04. The predicted octanol–water partition coefficient (Wildman–Crippen LogP) is 4.39. The van der Waals surface area contributed by atoms with E-state index in [1.807, 2.05) is 11.1 Å². The molecule has 0 unspecified atom stereocenters. The van der Waals surface area contributed by atoms with E-state index in [4.69, 9.17) is 0 Å². The van der Waals surface area contributed by atoms with Crippen LogP contribution >= 0.6 is 22.6 Å². The van der Waals surface area contributed by atoms with Crippen LogP contribution < -0.4 is 0 Å². The van der Waals surface area contributed by atoms with Gasteiger partial charge in [0.2, 0.25) is 5.91 Å². The smallest absolute Gasteiger partial charge is 0.223 e. The molecular formula is C18H22IN3O. The molecule has 3 rings (SSSR count). The molecule has 2 heterocycles. The Balaban J connectivity index is 1.79. The highest BCUT2D eigenvalue weighted by atomic mass is 127. The van der Waals surface area contributed by atoms with Gasteiger partial charge in [-0.2, -0.15) is 0 Å². The second kappa shape index (κ2) is 7.03. The second-order valence-corrected chi connectivity index (χ2v) is 7.78. The molecule has 1 aliphatic heterocycles. The molecular weight excluding hydrogens is 401 g/mol. The molecule has 0 spiro atoms. The predicted molar refractivity (Wildman–Crippen MR) is 99.9 cm³/mol. The maximum atomic E-state index is 12.4. The Morgan fingerprint density at radius 3 is 2.83 bits per heavy atom. The van der Waals surface area contributed by atoms with Crippen LogP contribution in [-0.4, -0.2) is 27.3 Å². The van der Waals surface area contributed by atoms with Crippen molar-refractivity contribution in [2.24, 2.45) is 5.92 Å². The Morgan fingerprint density at radius 2 is 2.13 bits per heavy atom. The number of benzene rings is 1. The SMILES string of the molecule is CC(C)CC(=O)N1CCC[C@H]1c1ncc(-c2ccc(I)cc2)[nH]1. The van der Waals surface area contributed by atoms with Crippen LogP contribution in [0.2, 0.25) is 0 Å². The molecule has 0 saturated carbocycles. The molecule has 2 aromatic rings. The van der Waals surface area contributed by atoms with E-state index in [1.54, 1.807) is 0 Å². The van der Waals surface area contributed by atoms with Gasteiger partial charge in [0.15, 0.2) is 0 Å². The number of nitrogens with zero attached hydrogens (tertiary/aromatic N) is 2. The zero-order chi connectivity index (χ0) is 16.4. The van der Waals surface area contributed by atoms with E-state index in [9.17, 15) is 4.79 Å². The van der Waals surface area contributed by atoms with Gasteiger partial charge < -0.3 is 9.88 Å². The third-order valence-electron chi connectivity index (χ3n) is 4.22. The zero-order valence-corrected chi connectivity index (χ0v) is 15.7. The van der Waals surface area contributed by atoms with Gasteiger partial charge in [-0.05, 0) is 59.0 Å². The van der Waals surface area contributed by atoms with Gasteiger partial charge >= 0.3 is 0 Å². The lowest BCUT2D eigenvalue weighted by Gasteiger charge is -2.24. The van der Waals surface area contributed by atoms with E-state index in [-0.39, 0.29) is 11.9 Å². The monoisotopic (exact) mass is 423 g/mol. The number of halogens is 1. The summed E-state index contributed by atoms with van der Waals surface area (Å²) in [6, 6.07) is 8.46. The quantitative estimate of drug-likeness (QED) is 0.742. The standard InChI is InChI=1S/C18H22IN3O/c1-12(2)10-17(23)22-9-3-4-16(22)18-20-11-15(21-18)13-5-7-14(19)8-6-13/h5-8,11-12,16H,3-4,9-10H2,1-2H3,(H,20,21)/t16-/m0/s1. The van der Waals surface area contributed by atoms with E-state index in [2.05, 4.69) is 70.7 Å². The van der Waals surface area contributed by atoms with E-state index >= 15 is 0 Å². The fourth-order valence-corrected chi connectivity index (χ4v) is 3.46. The van der Waals surface area contributed by atoms with Crippen molar-refractivity contribution >= 4 is 28.5 Å². The fraction of sp³-hybridized carbons (Fsp3) is 0.444. The van der Waals surface area contributed by atoms with Crippen molar-refractivity contribution in [3.63, 3.8) is 0 Å². The van der Waals surface area contributed by atoms with Crippen molar-refractivity contribution in [3.05, 3.63) is 39.9 Å². The highest BCUT2D eigenvalue weighted by Gasteiger charge is 2.31. The normalized spacial score (nSPS) is 17.9. The average Bonchev–Trinajstić information content (AvgIpc) is 3.16. The second-order valence-electron chi connectivity index (χ2n) is 6.53. The van der Waals surface area contributed by atoms with E-state index in [1.165, 1.54) is 3.57 Å². The lowest BCUT2D eigenvalue weighted by molar-refractivity contribution is -0.133. The molecule has 1 aliphatic rings. The molecule has 122 valence electrons. The summed E-state index contributed by atoms with van der Waals surface area (Å²) in [6.45, 7) is 5.02. The summed E-state index contributed by atoms with van der Waals surface area (Å²) in [7, 11) is 0. The Bertz CT molecular complexity index is 678. The van der Waals surface area contributed by atoms with Gasteiger partial charge in [0.1, 0.15) is 5.82 Å². The van der Waals surface area contributed by atoms with Gasteiger partial charge in [0.25, 0.3) is 0 Å². The third-order valence-corrected chi connectivity index (χ3v) is 4.94. The van der Waals surface area contributed by atoms with Crippen LogP contribution in [0.3, 0.4) is 0 Å². The number of hydrogen-bond donors (Lipinski definition) is 1. The minimum Gasteiger partial charge on any atom is -0.340 e. The molecule has 1 atom stereocenters. The van der Waals surface area contributed by atoms with Crippen LogP contribution in [-0.2, 0) is 4.79 Å². The molecule has 1 fully saturated rings. The number of carbonyl (C=O) groups is 1. The first kappa shape index (κ1) is 16.5. The van der Waals surface area contributed by atoms with Gasteiger partial charge in [-0.15, -0.1) is 0 Å². The lowest BCUT2D eigenvalue weighted by atomic mass is 10.1. The number of carbonyl (C=O) groups excluding carboxylic acids is 1. The third kappa shape index (κ3) is 3.76. The van der Waals surface area contributed by atoms with E-state index in [0.717, 1.165) is 36.5 Å². The van der Waals surface area contributed by atoms with Crippen molar-refractivity contribution < 1.29 is 4.79 Å². The molecule has 23 heavy (non-hydrogen) atoms. The summed E-state index contributed by atoms with van der Waals surface area (Å²) in [5, 5.41) is 0. The summed E-state index contributed by atoms with van der Waals surface area (Å²) in [4.78, 5) is 22.4. The van der Waals surface area contributed by atoms with Gasteiger partial charge in [0.05, 0.1) is 17.9 Å². The van der Waals surface area contributed by atoms with Crippen molar-refractivity contribution in [2.45, 2.75) is 39.2 Å². The average molecular weight is 423 g/mol. The van der Waals surface area contributed by atoms with E-state index < -0.39 is 0 Å². The zero-order valence-electron chi connectivity index (χ0n) is 13.6. The van der Waals surface area contributed by atoms with Crippen LogP contribution in [0.15, 0.2) is 30.5 Å². The molecule has 1 N–H and O–H groups in total. The molecule has 5 heteroatoms. The largest absolute Gasteiger partial charge is 0.340 e. The minimum atomic E-state index is 0.0962. The van der Waals surface area contributed by atoms with Gasteiger partial charge in [-0.3, -0.25) is 4.79 Å². The van der Waals surface area contributed by atoms with Gasteiger partial charge in [-0.25, -0.2) is 4.98 Å². The van der Waals surface area contributed by atoms with Crippen LogP contribution in [0, 0.1) is 9.49 Å². The first-order chi connectivity index (χ1) is 11.0. The number of imidazole rings is 1. The molecule has 0 aliphatic carbocycles. The maximum Gasteiger partial charge on any atom is 0.223 e. The Morgan fingerprint density at radius 1 is 1.39 bits per heavy atom. The summed E-state index contributed by atoms with van der Waals surface area (Å²) in [5.41, 5.74) is 2.14. The molecule has 1 aromatic carbocycles. The first-order valence-corrected chi connectivity index (χ1v) is 9.23.